The van der Waals surface area contributed by atoms with Crippen molar-refractivity contribution in [3.8, 4) is 0 Å². The molecular formula is C11H24O. The smallest absolute Gasteiger partial charge is 0.0459 e. The molecule has 0 radical (unpaired) electrons. The molecule has 0 aromatic rings. The second-order valence-corrected chi connectivity index (χ2v) is 3.69. The van der Waals surface area contributed by atoms with Gasteiger partial charge in [0.15, 0.2) is 0 Å². The highest BCUT2D eigenvalue weighted by Crippen LogP contribution is 2.15. The molecule has 0 saturated heterocycles. The van der Waals surface area contributed by atoms with Gasteiger partial charge >= 0.3 is 0 Å². The molecule has 1 N–H and O–H groups in total. The number of unbranched alkanes of at least 4 members (excludes halogenated alkanes) is 3. The van der Waals surface area contributed by atoms with Crippen LogP contribution in [0, 0.1) is 5.92 Å². The molecule has 0 fully saturated rings. The molecule has 74 valence electrons. The fourth-order valence-electron chi connectivity index (χ4n) is 1.50. The Morgan fingerprint density at radius 2 is 1.50 bits per heavy atom. The first-order chi connectivity index (χ1) is 5.85. The summed E-state index contributed by atoms with van der Waals surface area (Å²) in [5.41, 5.74) is 0. The second kappa shape index (κ2) is 9.05. The van der Waals surface area contributed by atoms with Gasteiger partial charge in [-0.1, -0.05) is 46.0 Å². The van der Waals surface area contributed by atoms with E-state index in [1.54, 1.807) is 0 Å². The summed E-state index contributed by atoms with van der Waals surface area (Å²) < 4.78 is 0. The Morgan fingerprint density at radius 3 is 2.00 bits per heavy atom. The Kier molecular flexibility index (Phi) is 9.02. The molecule has 0 aromatic carbocycles. The van der Waals surface area contributed by atoms with Crippen molar-refractivity contribution in [2.24, 2.45) is 5.92 Å². The normalized spacial score (nSPS) is 13.2. The van der Waals surface area contributed by atoms with Crippen molar-refractivity contribution in [2.75, 3.05) is 6.61 Å². The van der Waals surface area contributed by atoms with Gasteiger partial charge in [-0.25, -0.2) is 0 Å². The van der Waals surface area contributed by atoms with Crippen LogP contribution in [0.4, 0.5) is 0 Å². The Labute approximate surface area is 77.2 Å². The maximum Gasteiger partial charge on any atom is 0.0459 e. The van der Waals surface area contributed by atoms with E-state index in [1.807, 2.05) is 0 Å². The zero-order chi connectivity index (χ0) is 9.23. The minimum atomic E-state index is 0.393. The lowest BCUT2D eigenvalue weighted by atomic mass is 9.96. The molecule has 0 aliphatic carbocycles. The van der Waals surface area contributed by atoms with Crippen molar-refractivity contribution < 1.29 is 5.11 Å². The molecular weight excluding hydrogens is 148 g/mol. The predicted octanol–water partition coefficient (Wildman–Crippen LogP) is 3.37. The molecule has 1 nitrogen and oxygen atoms in total. The minimum absolute atomic E-state index is 0.393. The van der Waals surface area contributed by atoms with Gasteiger partial charge in [-0.05, 0) is 18.8 Å². The first-order valence-electron chi connectivity index (χ1n) is 5.46. The van der Waals surface area contributed by atoms with Crippen molar-refractivity contribution >= 4 is 0 Å². The molecule has 0 spiro atoms. The van der Waals surface area contributed by atoms with Crippen LogP contribution in [0.1, 0.15) is 58.8 Å². The van der Waals surface area contributed by atoms with Gasteiger partial charge in [-0.15, -0.1) is 0 Å². The predicted molar refractivity (Wildman–Crippen MR) is 54.2 cm³/mol. The first-order valence-corrected chi connectivity index (χ1v) is 5.46. The van der Waals surface area contributed by atoms with Crippen molar-refractivity contribution in [3.63, 3.8) is 0 Å². The largest absolute Gasteiger partial charge is 0.396 e. The summed E-state index contributed by atoms with van der Waals surface area (Å²) in [6, 6.07) is 0. The van der Waals surface area contributed by atoms with Gasteiger partial charge in [-0.2, -0.15) is 0 Å². The first kappa shape index (κ1) is 12.0. The molecule has 0 bridgehead atoms. The quantitative estimate of drug-likeness (QED) is 0.557. The molecule has 0 amide bonds. The molecule has 0 unspecified atom stereocenters. The summed E-state index contributed by atoms with van der Waals surface area (Å²) in [5, 5.41) is 9.05. The number of aliphatic hydroxyl groups is 1. The monoisotopic (exact) mass is 172 g/mol. The van der Waals surface area contributed by atoms with Crippen molar-refractivity contribution in [3.05, 3.63) is 0 Å². The Morgan fingerprint density at radius 1 is 0.917 bits per heavy atom. The van der Waals surface area contributed by atoms with E-state index in [9.17, 15) is 0 Å². The zero-order valence-corrected chi connectivity index (χ0v) is 8.68. The Bertz CT molecular complexity index is 81.1. The van der Waals surface area contributed by atoms with Crippen molar-refractivity contribution in [1.82, 2.24) is 0 Å². The second-order valence-electron chi connectivity index (χ2n) is 3.69. The molecule has 0 aliphatic rings. The van der Waals surface area contributed by atoms with Crippen LogP contribution in [0.15, 0.2) is 0 Å². The third kappa shape index (κ3) is 6.66. The third-order valence-electron chi connectivity index (χ3n) is 2.44. The highest BCUT2D eigenvalue weighted by atomic mass is 16.3. The fraction of sp³-hybridized carbons (Fsp3) is 1.00. The van der Waals surface area contributed by atoms with E-state index in [-0.39, 0.29) is 0 Å². The van der Waals surface area contributed by atoms with Crippen LogP contribution in [0.3, 0.4) is 0 Å². The average Bonchev–Trinajstić information content (AvgIpc) is 2.11. The van der Waals surface area contributed by atoms with E-state index in [4.69, 9.17) is 5.11 Å². The summed E-state index contributed by atoms with van der Waals surface area (Å²) in [6.45, 7) is 4.82. The molecule has 0 rings (SSSR count). The lowest BCUT2D eigenvalue weighted by molar-refractivity contribution is 0.205. The molecule has 0 aliphatic heterocycles. The number of rotatable bonds is 8. The van der Waals surface area contributed by atoms with E-state index in [2.05, 4.69) is 13.8 Å². The lowest BCUT2D eigenvalue weighted by Crippen LogP contribution is -2.05. The Hall–Kier alpha value is -0.0400. The summed E-state index contributed by atoms with van der Waals surface area (Å²) in [7, 11) is 0. The zero-order valence-electron chi connectivity index (χ0n) is 8.68. The van der Waals surface area contributed by atoms with Gasteiger partial charge in [0.05, 0.1) is 0 Å². The molecule has 0 heterocycles. The van der Waals surface area contributed by atoms with Crippen LogP contribution in [0.5, 0.6) is 0 Å². The number of hydrogen-bond donors (Lipinski definition) is 1. The van der Waals surface area contributed by atoms with Gasteiger partial charge in [0.1, 0.15) is 0 Å². The van der Waals surface area contributed by atoms with E-state index < -0.39 is 0 Å². The minimum Gasteiger partial charge on any atom is -0.396 e. The van der Waals surface area contributed by atoms with Crippen LogP contribution in [-0.4, -0.2) is 11.7 Å². The number of aliphatic hydroxyl groups excluding tert-OH is 1. The summed E-state index contributed by atoms with van der Waals surface area (Å²) >= 11 is 0. The van der Waals surface area contributed by atoms with Gasteiger partial charge in [0, 0.05) is 6.61 Å². The van der Waals surface area contributed by atoms with Gasteiger partial charge in [0.2, 0.25) is 0 Å². The molecule has 0 aromatic heterocycles. The van der Waals surface area contributed by atoms with Gasteiger partial charge < -0.3 is 5.11 Å². The maximum absolute atomic E-state index is 9.05. The van der Waals surface area contributed by atoms with Gasteiger partial charge in [-0.3, -0.25) is 0 Å². The van der Waals surface area contributed by atoms with Crippen LogP contribution in [0.25, 0.3) is 0 Å². The average molecular weight is 172 g/mol. The number of hydrogen-bond acceptors (Lipinski definition) is 1. The van der Waals surface area contributed by atoms with E-state index in [0.717, 1.165) is 0 Å². The van der Waals surface area contributed by atoms with E-state index >= 15 is 0 Å². The van der Waals surface area contributed by atoms with Crippen LogP contribution in [-0.2, 0) is 0 Å². The fourth-order valence-corrected chi connectivity index (χ4v) is 1.50. The van der Waals surface area contributed by atoms with Crippen LogP contribution >= 0.6 is 0 Å². The standard InChI is InChI=1S/C11H24O/c1-3-5-7-9-11(10-12)8-6-4-2/h11-12H,3-10H2,1-2H3/t11-/m1/s1. The van der Waals surface area contributed by atoms with E-state index in [1.165, 1.54) is 44.9 Å². The SMILES string of the molecule is CCCCC[C@H](CO)CCCC. The highest BCUT2D eigenvalue weighted by Gasteiger charge is 2.05. The van der Waals surface area contributed by atoms with Crippen molar-refractivity contribution in [2.45, 2.75) is 58.8 Å². The van der Waals surface area contributed by atoms with Crippen LogP contribution < -0.4 is 0 Å². The lowest BCUT2D eigenvalue weighted by Gasteiger charge is -2.12. The highest BCUT2D eigenvalue weighted by molar-refractivity contribution is 4.57. The summed E-state index contributed by atoms with van der Waals surface area (Å²) in [5.74, 6) is 0.580. The summed E-state index contributed by atoms with van der Waals surface area (Å²) in [6.07, 6.45) is 8.88. The van der Waals surface area contributed by atoms with Crippen LogP contribution in [0.2, 0.25) is 0 Å². The topological polar surface area (TPSA) is 20.2 Å². The van der Waals surface area contributed by atoms with Gasteiger partial charge in [0.25, 0.3) is 0 Å². The van der Waals surface area contributed by atoms with E-state index in [0.29, 0.717) is 12.5 Å². The third-order valence-corrected chi connectivity index (χ3v) is 2.44. The molecule has 0 saturated carbocycles. The molecule has 1 heteroatoms. The molecule has 1 atom stereocenters. The summed E-state index contributed by atoms with van der Waals surface area (Å²) in [4.78, 5) is 0. The maximum atomic E-state index is 9.05. The Balaban J connectivity index is 3.26. The molecule has 12 heavy (non-hydrogen) atoms. The van der Waals surface area contributed by atoms with Crippen molar-refractivity contribution in [1.29, 1.82) is 0 Å².